The van der Waals surface area contributed by atoms with Crippen LogP contribution in [-0.4, -0.2) is 0 Å². The minimum Gasteiger partial charge on any atom is -0.198 e. The molecule has 8 heavy (non-hydrogen) atoms. The first-order valence-electron chi connectivity index (χ1n) is 3.24. The van der Waals surface area contributed by atoms with Gasteiger partial charge in [0.25, 0.3) is 0 Å². The number of rotatable bonds is 3. The molecule has 0 amide bonds. The maximum atomic E-state index is 8.41. The van der Waals surface area contributed by atoms with E-state index >= 15 is 0 Å². The van der Waals surface area contributed by atoms with Crippen LogP contribution in [0.25, 0.3) is 0 Å². The summed E-state index contributed by atoms with van der Waals surface area (Å²) in [7, 11) is 0. The summed E-state index contributed by atoms with van der Waals surface area (Å²) in [6, 6.07) is 2.25. The molecule has 0 saturated heterocycles. The van der Waals surface area contributed by atoms with Crippen LogP contribution in [0.1, 0.15) is 33.1 Å². The number of hydrogen-bond acceptors (Lipinski definition) is 1. The summed E-state index contributed by atoms with van der Waals surface area (Å²) in [5.74, 6) is 0.306. The SMILES string of the molecule is CCC[C@H](C#N)CC. The summed E-state index contributed by atoms with van der Waals surface area (Å²) in [6.07, 6.45) is 3.20. The standard InChI is InChI=1S/C7H13N/c1-3-5-7(4-2)6-8/h7H,3-5H2,1-2H3/t7-/m1/s1. The Balaban J connectivity index is 3.26. The van der Waals surface area contributed by atoms with E-state index in [1.54, 1.807) is 0 Å². The molecule has 1 heteroatoms. The second kappa shape index (κ2) is 4.64. The van der Waals surface area contributed by atoms with Crippen molar-refractivity contribution >= 4 is 0 Å². The average Bonchev–Trinajstić information content (AvgIpc) is 1.83. The molecular weight excluding hydrogens is 98.1 g/mol. The second-order valence-electron chi connectivity index (χ2n) is 2.02. The average molecular weight is 111 g/mol. The smallest absolute Gasteiger partial charge is 0.0655 e. The number of nitrogens with zero attached hydrogens (tertiary/aromatic N) is 1. The van der Waals surface area contributed by atoms with Crippen molar-refractivity contribution in [2.75, 3.05) is 0 Å². The van der Waals surface area contributed by atoms with E-state index in [2.05, 4.69) is 19.9 Å². The zero-order valence-electron chi connectivity index (χ0n) is 5.65. The van der Waals surface area contributed by atoms with Gasteiger partial charge in [-0.1, -0.05) is 20.3 Å². The molecule has 0 unspecified atom stereocenters. The Kier molecular flexibility index (Phi) is 4.35. The molecule has 0 rings (SSSR count). The Labute approximate surface area is 51.3 Å². The van der Waals surface area contributed by atoms with Gasteiger partial charge in [0.15, 0.2) is 0 Å². The van der Waals surface area contributed by atoms with Crippen LogP contribution in [-0.2, 0) is 0 Å². The van der Waals surface area contributed by atoms with E-state index in [9.17, 15) is 0 Å². The molecule has 46 valence electrons. The van der Waals surface area contributed by atoms with Gasteiger partial charge in [0.05, 0.1) is 6.07 Å². The predicted octanol–water partition coefficient (Wildman–Crippen LogP) is 2.34. The van der Waals surface area contributed by atoms with Crippen LogP contribution in [0, 0.1) is 17.2 Å². The van der Waals surface area contributed by atoms with Crippen molar-refractivity contribution in [1.29, 1.82) is 5.26 Å². The van der Waals surface area contributed by atoms with Gasteiger partial charge in [-0.3, -0.25) is 0 Å². The Hall–Kier alpha value is -0.510. The summed E-state index contributed by atoms with van der Waals surface area (Å²) in [4.78, 5) is 0. The van der Waals surface area contributed by atoms with Crippen molar-refractivity contribution in [1.82, 2.24) is 0 Å². The molecule has 1 atom stereocenters. The highest BCUT2D eigenvalue weighted by atomic mass is 14.3. The second-order valence-corrected chi connectivity index (χ2v) is 2.02. The van der Waals surface area contributed by atoms with Gasteiger partial charge in [0.2, 0.25) is 0 Å². The fourth-order valence-corrected chi connectivity index (χ4v) is 0.708. The van der Waals surface area contributed by atoms with Crippen molar-refractivity contribution < 1.29 is 0 Å². The molecular formula is C7H13N. The summed E-state index contributed by atoms with van der Waals surface area (Å²) in [5.41, 5.74) is 0. The molecule has 0 aliphatic rings. The third kappa shape index (κ3) is 2.63. The van der Waals surface area contributed by atoms with Crippen molar-refractivity contribution in [3.05, 3.63) is 0 Å². The largest absolute Gasteiger partial charge is 0.198 e. The fourth-order valence-electron chi connectivity index (χ4n) is 0.708. The van der Waals surface area contributed by atoms with Crippen LogP contribution < -0.4 is 0 Å². The van der Waals surface area contributed by atoms with E-state index in [0.717, 1.165) is 19.3 Å². The van der Waals surface area contributed by atoms with Crippen molar-refractivity contribution in [2.24, 2.45) is 5.92 Å². The van der Waals surface area contributed by atoms with Crippen molar-refractivity contribution in [2.45, 2.75) is 33.1 Å². The Morgan fingerprint density at radius 2 is 2.12 bits per heavy atom. The summed E-state index contributed by atoms with van der Waals surface area (Å²) < 4.78 is 0. The van der Waals surface area contributed by atoms with Gasteiger partial charge in [-0.25, -0.2) is 0 Å². The van der Waals surface area contributed by atoms with Gasteiger partial charge < -0.3 is 0 Å². The number of nitriles is 1. The summed E-state index contributed by atoms with van der Waals surface area (Å²) >= 11 is 0. The monoisotopic (exact) mass is 111 g/mol. The fraction of sp³-hybridized carbons (Fsp3) is 0.857. The molecule has 0 bridgehead atoms. The van der Waals surface area contributed by atoms with Gasteiger partial charge >= 0.3 is 0 Å². The molecule has 0 fully saturated rings. The normalized spacial score (nSPS) is 12.6. The predicted molar refractivity (Wildman–Crippen MR) is 34.3 cm³/mol. The zero-order chi connectivity index (χ0) is 6.41. The highest BCUT2D eigenvalue weighted by molar-refractivity contribution is 4.80. The van der Waals surface area contributed by atoms with Crippen LogP contribution >= 0.6 is 0 Å². The van der Waals surface area contributed by atoms with E-state index in [0.29, 0.717) is 5.92 Å². The lowest BCUT2D eigenvalue weighted by Gasteiger charge is -1.99. The lowest BCUT2D eigenvalue weighted by atomic mass is 10.0. The highest BCUT2D eigenvalue weighted by Crippen LogP contribution is 2.07. The van der Waals surface area contributed by atoms with Gasteiger partial charge in [0.1, 0.15) is 0 Å². The van der Waals surface area contributed by atoms with E-state index in [4.69, 9.17) is 5.26 Å². The van der Waals surface area contributed by atoms with Gasteiger partial charge in [-0.05, 0) is 12.8 Å². The lowest BCUT2D eigenvalue weighted by Crippen LogP contribution is -1.91. The van der Waals surface area contributed by atoms with Crippen LogP contribution in [0.3, 0.4) is 0 Å². The van der Waals surface area contributed by atoms with Crippen LogP contribution in [0.2, 0.25) is 0 Å². The Morgan fingerprint density at radius 3 is 2.25 bits per heavy atom. The lowest BCUT2D eigenvalue weighted by molar-refractivity contribution is 0.575. The van der Waals surface area contributed by atoms with Gasteiger partial charge in [-0.2, -0.15) is 5.26 Å². The third-order valence-corrected chi connectivity index (χ3v) is 1.31. The summed E-state index contributed by atoms with van der Waals surface area (Å²) in [6.45, 7) is 4.17. The van der Waals surface area contributed by atoms with E-state index in [1.165, 1.54) is 0 Å². The molecule has 0 aromatic heterocycles. The first-order chi connectivity index (χ1) is 3.85. The van der Waals surface area contributed by atoms with Crippen molar-refractivity contribution in [3.63, 3.8) is 0 Å². The van der Waals surface area contributed by atoms with Crippen LogP contribution in [0.4, 0.5) is 0 Å². The Bertz CT molecular complexity index is 80.9. The molecule has 0 aliphatic carbocycles. The van der Waals surface area contributed by atoms with E-state index in [1.807, 2.05) is 0 Å². The minimum absolute atomic E-state index is 0.306. The van der Waals surface area contributed by atoms with Crippen molar-refractivity contribution in [3.8, 4) is 6.07 Å². The first-order valence-corrected chi connectivity index (χ1v) is 3.24. The third-order valence-electron chi connectivity index (χ3n) is 1.31. The quantitative estimate of drug-likeness (QED) is 0.548. The molecule has 0 N–H and O–H groups in total. The maximum Gasteiger partial charge on any atom is 0.0655 e. The van der Waals surface area contributed by atoms with Gasteiger partial charge in [0, 0.05) is 5.92 Å². The first kappa shape index (κ1) is 7.49. The maximum absolute atomic E-state index is 8.41. The molecule has 0 aromatic carbocycles. The molecule has 0 saturated carbocycles. The van der Waals surface area contributed by atoms with E-state index < -0.39 is 0 Å². The zero-order valence-corrected chi connectivity index (χ0v) is 5.65. The highest BCUT2D eigenvalue weighted by Gasteiger charge is 1.99. The van der Waals surface area contributed by atoms with Crippen LogP contribution in [0.5, 0.6) is 0 Å². The molecule has 1 nitrogen and oxygen atoms in total. The molecule has 0 radical (unpaired) electrons. The Morgan fingerprint density at radius 1 is 1.50 bits per heavy atom. The summed E-state index contributed by atoms with van der Waals surface area (Å²) in [5, 5.41) is 8.41. The molecule has 0 heterocycles. The van der Waals surface area contributed by atoms with E-state index in [-0.39, 0.29) is 0 Å². The molecule has 0 aliphatic heterocycles. The van der Waals surface area contributed by atoms with Gasteiger partial charge in [-0.15, -0.1) is 0 Å². The van der Waals surface area contributed by atoms with Crippen LogP contribution in [0.15, 0.2) is 0 Å². The topological polar surface area (TPSA) is 23.8 Å². The minimum atomic E-state index is 0.306. The number of hydrogen-bond donors (Lipinski definition) is 0. The molecule has 0 aromatic rings. The molecule has 0 spiro atoms.